The molecule has 0 radical (unpaired) electrons. The molecule has 1 aliphatic carbocycles. The van der Waals surface area contributed by atoms with Gasteiger partial charge in [-0.1, -0.05) is 41.0 Å². The van der Waals surface area contributed by atoms with E-state index in [0.717, 1.165) is 20.8 Å². The molecule has 1 aliphatic rings. The van der Waals surface area contributed by atoms with Crippen LogP contribution in [0.5, 0.6) is 0 Å². The minimum absolute atomic E-state index is 0.502. The van der Waals surface area contributed by atoms with Crippen LogP contribution in [0.25, 0.3) is 0 Å². The van der Waals surface area contributed by atoms with Crippen molar-refractivity contribution < 1.29 is 0 Å². The number of hydrogen-bond donors (Lipinski definition) is 0. The summed E-state index contributed by atoms with van der Waals surface area (Å²) >= 11 is 13.5. The van der Waals surface area contributed by atoms with E-state index >= 15 is 0 Å². The maximum absolute atomic E-state index is 6.03. The molecular weight excluding hydrogens is 287 g/mol. The fourth-order valence-corrected chi connectivity index (χ4v) is 3.03. The zero-order valence-electron chi connectivity index (χ0n) is 9.44. The van der Waals surface area contributed by atoms with Gasteiger partial charge in [0.15, 0.2) is 0 Å². The Labute approximate surface area is 120 Å². The van der Waals surface area contributed by atoms with Crippen molar-refractivity contribution in [1.82, 2.24) is 9.97 Å². The summed E-state index contributed by atoms with van der Waals surface area (Å²) in [6.45, 7) is 0. The second-order valence-corrected chi connectivity index (χ2v) is 6.14. The molecular formula is C13H10Cl2N2S. The first-order chi connectivity index (χ1) is 8.70. The lowest BCUT2D eigenvalue weighted by atomic mass is 10.4. The first-order valence-electron chi connectivity index (χ1n) is 5.68. The highest BCUT2D eigenvalue weighted by Gasteiger charge is 2.27. The Morgan fingerprint density at radius 2 is 1.94 bits per heavy atom. The van der Waals surface area contributed by atoms with Gasteiger partial charge in [0.25, 0.3) is 0 Å². The lowest BCUT2D eigenvalue weighted by Gasteiger charge is -2.04. The smallest absolute Gasteiger partial charge is 0.134 e. The normalized spacial score (nSPS) is 14.8. The molecule has 1 heterocycles. The number of aromatic nitrogens is 2. The molecule has 1 aromatic heterocycles. The minimum atomic E-state index is 0.502. The zero-order valence-corrected chi connectivity index (χ0v) is 11.8. The summed E-state index contributed by atoms with van der Waals surface area (Å²) in [7, 11) is 0. The second-order valence-electron chi connectivity index (χ2n) is 4.22. The monoisotopic (exact) mass is 296 g/mol. The fraction of sp³-hybridized carbons (Fsp3) is 0.231. The van der Waals surface area contributed by atoms with Gasteiger partial charge in [-0.25, -0.2) is 9.97 Å². The van der Waals surface area contributed by atoms with Crippen LogP contribution in [0.15, 0.2) is 40.3 Å². The third-order valence-electron chi connectivity index (χ3n) is 2.65. The summed E-state index contributed by atoms with van der Waals surface area (Å²) in [5.74, 6) is 1.37. The van der Waals surface area contributed by atoms with E-state index in [1.807, 2.05) is 24.3 Å². The maximum Gasteiger partial charge on any atom is 0.134 e. The lowest BCUT2D eigenvalue weighted by molar-refractivity contribution is 0.878. The third kappa shape index (κ3) is 2.97. The van der Waals surface area contributed by atoms with Gasteiger partial charge in [-0.15, -0.1) is 0 Å². The van der Waals surface area contributed by atoms with Crippen molar-refractivity contribution in [2.24, 2.45) is 0 Å². The molecule has 0 spiro atoms. The zero-order chi connectivity index (χ0) is 12.5. The Morgan fingerprint density at radius 3 is 2.67 bits per heavy atom. The van der Waals surface area contributed by atoms with Gasteiger partial charge in [0.1, 0.15) is 16.0 Å². The van der Waals surface area contributed by atoms with E-state index in [2.05, 4.69) is 9.97 Å². The third-order valence-corrected chi connectivity index (χ3v) is 3.99. The van der Waals surface area contributed by atoms with E-state index in [0.29, 0.717) is 11.1 Å². The highest BCUT2D eigenvalue weighted by molar-refractivity contribution is 7.99. The molecule has 2 aromatic rings. The van der Waals surface area contributed by atoms with Crippen LogP contribution in [0.3, 0.4) is 0 Å². The molecule has 92 valence electrons. The Kier molecular flexibility index (Phi) is 3.46. The molecule has 3 rings (SSSR count). The molecule has 0 bridgehead atoms. The van der Waals surface area contributed by atoms with E-state index in [9.17, 15) is 0 Å². The quantitative estimate of drug-likeness (QED) is 0.760. The first kappa shape index (κ1) is 12.3. The van der Waals surface area contributed by atoms with Crippen LogP contribution in [0.2, 0.25) is 10.2 Å². The van der Waals surface area contributed by atoms with E-state index < -0.39 is 0 Å². The standard InChI is InChI=1S/C13H10Cl2N2S/c14-9-2-1-3-10(6-9)18-12-7-11(15)16-13(17-12)8-4-5-8/h1-3,6-8H,4-5H2. The molecule has 0 unspecified atom stereocenters. The van der Waals surface area contributed by atoms with Crippen molar-refractivity contribution in [1.29, 1.82) is 0 Å². The molecule has 5 heteroatoms. The maximum atomic E-state index is 6.03. The Hall–Kier alpha value is -0.770. The fourth-order valence-electron chi connectivity index (χ4n) is 1.64. The van der Waals surface area contributed by atoms with E-state index in [1.165, 1.54) is 12.8 Å². The predicted octanol–water partition coefficient (Wildman–Crippen LogP) is 4.81. The second kappa shape index (κ2) is 5.08. The molecule has 0 N–H and O–H groups in total. The van der Waals surface area contributed by atoms with Crippen LogP contribution >= 0.6 is 35.0 Å². The van der Waals surface area contributed by atoms with Crippen molar-refractivity contribution in [2.45, 2.75) is 28.7 Å². The predicted molar refractivity (Wildman–Crippen MR) is 74.6 cm³/mol. The molecule has 0 amide bonds. The van der Waals surface area contributed by atoms with Crippen molar-refractivity contribution in [2.75, 3.05) is 0 Å². The Balaban J connectivity index is 1.87. The Morgan fingerprint density at radius 1 is 1.11 bits per heavy atom. The molecule has 1 saturated carbocycles. The summed E-state index contributed by atoms with van der Waals surface area (Å²) in [5, 5.41) is 2.11. The molecule has 0 aliphatic heterocycles. The summed E-state index contributed by atoms with van der Waals surface area (Å²) in [6.07, 6.45) is 2.34. The van der Waals surface area contributed by atoms with E-state index in [4.69, 9.17) is 23.2 Å². The van der Waals surface area contributed by atoms with Crippen LogP contribution in [0.1, 0.15) is 24.6 Å². The van der Waals surface area contributed by atoms with Crippen molar-refractivity contribution in [3.05, 3.63) is 46.3 Å². The molecule has 18 heavy (non-hydrogen) atoms. The molecule has 0 saturated heterocycles. The first-order valence-corrected chi connectivity index (χ1v) is 7.26. The average molecular weight is 297 g/mol. The van der Waals surface area contributed by atoms with Gasteiger partial charge in [0.2, 0.25) is 0 Å². The van der Waals surface area contributed by atoms with E-state index in [1.54, 1.807) is 17.8 Å². The number of benzene rings is 1. The van der Waals surface area contributed by atoms with Gasteiger partial charge in [-0.3, -0.25) is 0 Å². The average Bonchev–Trinajstić information content (AvgIpc) is 3.11. The van der Waals surface area contributed by atoms with Crippen molar-refractivity contribution >= 4 is 35.0 Å². The number of hydrogen-bond acceptors (Lipinski definition) is 3. The van der Waals surface area contributed by atoms with Crippen LogP contribution in [0.4, 0.5) is 0 Å². The van der Waals surface area contributed by atoms with Gasteiger partial charge in [-0.2, -0.15) is 0 Å². The Bertz CT molecular complexity index is 585. The molecule has 1 aromatic carbocycles. The number of nitrogens with zero attached hydrogens (tertiary/aromatic N) is 2. The molecule has 1 fully saturated rings. The summed E-state index contributed by atoms with van der Waals surface area (Å²) in [6, 6.07) is 9.49. The lowest BCUT2D eigenvalue weighted by Crippen LogP contribution is -1.94. The summed E-state index contributed by atoms with van der Waals surface area (Å²) in [5.41, 5.74) is 0. The number of halogens is 2. The van der Waals surface area contributed by atoms with E-state index in [-0.39, 0.29) is 0 Å². The van der Waals surface area contributed by atoms with Crippen molar-refractivity contribution in [3.63, 3.8) is 0 Å². The summed E-state index contributed by atoms with van der Waals surface area (Å²) in [4.78, 5) is 9.87. The highest BCUT2D eigenvalue weighted by Crippen LogP contribution is 2.39. The van der Waals surface area contributed by atoms with Crippen molar-refractivity contribution in [3.8, 4) is 0 Å². The van der Waals surface area contributed by atoms with Gasteiger partial charge < -0.3 is 0 Å². The largest absolute Gasteiger partial charge is 0.226 e. The van der Waals surface area contributed by atoms with Gasteiger partial charge in [0, 0.05) is 21.9 Å². The molecule has 2 nitrogen and oxygen atoms in total. The highest BCUT2D eigenvalue weighted by atomic mass is 35.5. The number of rotatable bonds is 3. The van der Waals surface area contributed by atoms with Crippen LogP contribution in [-0.4, -0.2) is 9.97 Å². The SMILES string of the molecule is Clc1cccc(Sc2cc(Cl)nc(C3CC3)n2)c1. The summed E-state index contributed by atoms with van der Waals surface area (Å²) < 4.78 is 0. The minimum Gasteiger partial charge on any atom is -0.226 e. The van der Waals surface area contributed by atoms with Gasteiger partial charge >= 0.3 is 0 Å². The topological polar surface area (TPSA) is 25.8 Å². The van der Waals surface area contributed by atoms with Crippen LogP contribution in [-0.2, 0) is 0 Å². The molecule has 0 atom stereocenters. The van der Waals surface area contributed by atoms with Gasteiger partial charge in [0.05, 0.1) is 0 Å². The van der Waals surface area contributed by atoms with Crippen LogP contribution < -0.4 is 0 Å². The van der Waals surface area contributed by atoms with Gasteiger partial charge in [-0.05, 0) is 31.0 Å². The van der Waals surface area contributed by atoms with Crippen LogP contribution in [0, 0.1) is 0 Å².